The Labute approximate surface area is 232 Å². The minimum Gasteiger partial charge on any atom is -0.369 e. The average molecular weight is 569 g/mol. The van der Waals surface area contributed by atoms with E-state index in [0.29, 0.717) is 35.7 Å². The molecule has 1 aliphatic heterocycles. The third-order valence-corrected chi connectivity index (χ3v) is 7.62. The second-order valence-corrected chi connectivity index (χ2v) is 10.6. The number of carbonyl (C=O) groups is 2. The van der Waals surface area contributed by atoms with Gasteiger partial charge in [0.05, 0.1) is 5.56 Å². The minimum absolute atomic E-state index is 0.101. The van der Waals surface area contributed by atoms with E-state index in [2.05, 4.69) is 9.88 Å². The Morgan fingerprint density at radius 2 is 1.79 bits per heavy atom. The molecule has 0 radical (unpaired) electrons. The van der Waals surface area contributed by atoms with Crippen LogP contribution in [0.4, 0.5) is 19.0 Å². The van der Waals surface area contributed by atoms with Crippen LogP contribution in [-0.2, 0) is 16.8 Å². The highest BCUT2D eigenvalue weighted by molar-refractivity contribution is 6.32. The van der Waals surface area contributed by atoms with Crippen LogP contribution in [0.5, 0.6) is 0 Å². The molecule has 1 atom stereocenters. The lowest BCUT2D eigenvalue weighted by molar-refractivity contribution is -0.261. The number of alkyl halides is 3. The van der Waals surface area contributed by atoms with Gasteiger partial charge in [0, 0.05) is 46.3 Å². The summed E-state index contributed by atoms with van der Waals surface area (Å²) in [4.78, 5) is 34.0. The molecule has 1 fully saturated rings. The number of amides is 2. The largest absolute Gasteiger partial charge is 0.430 e. The monoisotopic (exact) mass is 568 g/mol. The van der Waals surface area contributed by atoms with Gasteiger partial charge < -0.3 is 19.8 Å². The second kappa shape index (κ2) is 12.6. The zero-order chi connectivity index (χ0) is 29.0. The van der Waals surface area contributed by atoms with Crippen LogP contribution in [0.2, 0.25) is 5.15 Å². The van der Waals surface area contributed by atoms with Crippen molar-refractivity contribution in [2.45, 2.75) is 50.8 Å². The molecule has 1 aliphatic rings. The summed E-state index contributed by atoms with van der Waals surface area (Å²) in [5.41, 5.74) is -3.12. The molecule has 2 aromatic rings. The molecule has 7 nitrogen and oxygen atoms in total. The maximum atomic E-state index is 14.0. The fourth-order valence-corrected chi connectivity index (χ4v) is 5.10. The Balaban J connectivity index is 1.55. The normalized spacial score (nSPS) is 16.1. The summed E-state index contributed by atoms with van der Waals surface area (Å²) in [5, 5.41) is 10.9. The second-order valence-electron chi connectivity index (χ2n) is 10.3. The number of aryl methyl sites for hydroxylation is 1. The van der Waals surface area contributed by atoms with Crippen molar-refractivity contribution in [3.05, 3.63) is 58.2 Å². The molecule has 0 spiro atoms. The van der Waals surface area contributed by atoms with Gasteiger partial charge in [0.1, 0.15) is 11.0 Å². The predicted octanol–water partition coefficient (Wildman–Crippen LogP) is 4.90. The van der Waals surface area contributed by atoms with Crippen LogP contribution in [0.3, 0.4) is 0 Å². The predicted molar refractivity (Wildman–Crippen MR) is 145 cm³/mol. The van der Waals surface area contributed by atoms with Crippen molar-refractivity contribution in [3.8, 4) is 0 Å². The van der Waals surface area contributed by atoms with E-state index in [9.17, 15) is 27.9 Å². The lowest BCUT2D eigenvalue weighted by Crippen LogP contribution is -2.55. The minimum atomic E-state index is -5.16. The van der Waals surface area contributed by atoms with Gasteiger partial charge in [-0.3, -0.25) is 9.59 Å². The summed E-state index contributed by atoms with van der Waals surface area (Å²) in [6.07, 6.45) is -1.72. The molecule has 0 saturated carbocycles. The van der Waals surface area contributed by atoms with Crippen LogP contribution < -0.4 is 4.90 Å². The zero-order valence-electron chi connectivity index (χ0n) is 22.8. The molecule has 1 aromatic carbocycles. The number of carbonyl (C=O) groups excluding carboxylic acids is 2. The van der Waals surface area contributed by atoms with Crippen molar-refractivity contribution < 1.29 is 27.9 Å². The summed E-state index contributed by atoms with van der Waals surface area (Å²) in [6.45, 7) is 3.35. The first-order valence-electron chi connectivity index (χ1n) is 13.1. The van der Waals surface area contributed by atoms with Crippen LogP contribution in [0.15, 0.2) is 36.4 Å². The van der Waals surface area contributed by atoms with Crippen LogP contribution in [-0.4, -0.2) is 78.7 Å². The Morgan fingerprint density at radius 1 is 1.13 bits per heavy atom. The number of halogens is 4. The van der Waals surface area contributed by atoms with Gasteiger partial charge in [-0.25, -0.2) is 4.98 Å². The van der Waals surface area contributed by atoms with Gasteiger partial charge in [-0.15, -0.1) is 0 Å². The van der Waals surface area contributed by atoms with Crippen molar-refractivity contribution in [3.63, 3.8) is 0 Å². The number of anilines is 1. The quantitative estimate of drug-likeness (QED) is 0.435. The third kappa shape index (κ3) is 6.84. The zero-order valence-corrected chi connectivity index (χ0v) is 23.5. The van der Waals surface area contributed by atoms with Crippen LogP contribution in [0, 0.1) is 5.92 Å². The number of pyridine rings is 1. The fourth-order valence-electron chi connectivity index (χ4n) is 4.87. The Morgan fingerprint density at radius 3 is 2.36 bits per heavy atom. The number of nitrogens with zero attached hydrogens (tertiary/aromatic N) is 4. The summed E-state index contributed by atoms with van der Waals surface area (Å²) in [7, 11) is 4.59. The SMILES string of the molecule is CCc1cccc([C@@](O)(C(=O)N(C)CCCC2CCN(c3ccc(C(=O)N(C)C)c(Cl)n3)CC2)C(F)(F)F)c1. The van der Waals surface area contributed by atoms with E-state index in [-0.39, 0.29) is 17.6 Å². The number of aromatic nitrogens is 1. The number of likely N-dealkylation sites (N-methyl/N-ethyl adjacent to an activating group) is 1. The molecule has 3 rings (SSSR count). The van der Waals surface area contributed by atoms with Crippen LogP contribution in [0.1, 0.15) is 54.1 Å². The fraction of sp³-hybridized carbons (Fsp3) is 0.536. The third-order valence-electron chi connectivity index (χ3n) is 7.33. The molecule has 0 unspecified atom stereocenters. The lowest BCUT2D eigenvalue weighted by atomic mass is 9.89. The first-order chi connectivity index (χ1) is 18.3. The highest BCUT2D eigenvalue weighted by atomic mass is 35.5. The van der Waals surface area contributed by atoms with Gasteiger partial charge in [0.25, 0.3) is 17.4 Å². The van der Waals surface area contributed by atoms with E-state index in [1.165, 1.54) is 24.1 Å². The molecule has 1 saturated heterocycles. The Kier molecular flexibility index (Phi) is 9.88. The van der Waals surface area contributed by atoms with Gasteiger partial charge in [-0.2, -0.15) is 13.2 Å². The Hall–Kier alpha value is -2.85. The topological polar surface area (TPSA) is 77.0 Å². The molecule has 11 heteroatoms. The maximum absolute atomic E-state index is 14.0. The number of piperidine rings is 1. The molecular weight excluding hydrogens is 533 g/mol. The van der Waals surface area contributed by atoms with Gasteiger partial charge >= 0.3 is 6.18 Å². The van der Waals surface area contributed by atoms with E-state index >= 15 is 0 Å². The van der Waals surface area contributed by atoms with Crippen molar-refractivity contribution >= 4 is 29.2 Å². The van der Waals surface area contributed by atoms with Gasteiger partial charge in [-0.1, -0.05) is 42.8 Å². The summed E-state index contributed by atoms with van der Waals surface area (Å²) >= 11 is 6.25. The lowest BCUT2D eigenvalue weighted by Gasteiger charge is -2.35. The van der Waals surface area contributed by atoms with Crippen molar-refractivity contribution in [1.82, 2.24) is 14.8 Å². The van der Waals surface area contributed by atoms with E-state index in [1.807, 2.05) is 0 Å². The molecule has 2 amide bonds. The highest BCUT2D eigenvalue weighted by Gasteiger charge is 2.61. The number of benzene rings is 1. The van der Waals surface area contributed by atoms with Gasteiger partial charge in [0.15, 0.2) is 0 Å². The van der Waals surface area contributed by atoms with E-state index < -0.39 is 23.2 Å². The Bertz CT molecular complexity index is 1170. The first-order valence-corrected chi connectivity index (χ1v) is 13.4. The molecule has 1 aromatic heterocycles. The molecule has 214 valence electrons. The maximum Gasteiger partial charge on any atom is 0.430 e. The smallest absolute Gasteiger partial charge is 0.369 e. The summed E-state index contributed by atoms with van der Waals surface area (Å²) < 4.78 is 42.0. The molecule has 2 heterocycles. The summed E-state index contributed by atoms with van der Waals surface area (Å²) in [6, 6.07) is 8.91. The van der Waals surface area contributed by atoms with E-state index in [4.69, 9.17) is 11.6 Å². The standard InChI is InChI=1S/C28H36ClF3N4O3/c1-5-19-8-6-10-21(18-19)27(39,28(30,31)32)26(38)35(4)15-7-9-20-13-16-36(17-14-20)23-12-11-22(24(29)33-23)25(37)34(2)3/h6,8,10-12,18,20,39H,5,7,9,13-17H2,1-4H3/t27-/m1/s1. The number of aliphatic hydroxyl groups is 1. The highest BCUT2D eigenvalue weighted by Crippen LogP contribution is 2.41. The van der Waals surface area contributed by atoms with Crippen molar-refractivity contribution in [1.29, 1.82) is 0 Å². The van der Waals surface area contributed by atoms with Crippen molar-refractivity contribution in [2.24, 2.45) is 5.92 Å². The average Bonchev–Trinajstić information content (AvgIpc) is 2.91. The molecule has 39 heavy (non-hydrogen) atoms. The van der Waals surface area contributed by atoms with Crippen LogP contribution in [0.25, 0.3) is 0 Å². The molecule has 0 bridgehead atoms. The van der Waals surface area contributed by atoms with Crippen molar-refractivity contribution in [2.75, 3.05) is 45.7 Å². The summed E-state index contributed by atoms with van der Waals surface area (Å²) in [5.74, 6) is -0.559. The number of hydrogen-bond donors (Lipinski definition) is 1. The van der Waals surface area contributed by atoms with Crippen LogP contribution >= 0.6 is 11.6 Å². The van der Waals surface area contributed by atoms with Gasteiger partial charge in [-0.05, 0) is 55.7 Å². The van der Waals surface area contributed by atoms with Gasteiger partial charge in [0.2, 0.25) is 0 Å². The molecular formula is C28H36ClF3N4O3. The van der Waals surface area contributed by atoms with E-state index in [1.54, 1.807) is 39.2 Å². The first kappa shape index (κ1) is 30.7. The van der Waals surface area contributed by atoms with E-state index in [0.717, 1.165) is 43.3 Å². The molecule has 0 aliphatic carbocycles. The number of rotatable bonds is 9. The number of hydrogen-bond acceptors (Lipinski definition) is 5. The molecule has 1 N–H and O–H groups in total.